The lowest BCUT2D eigenvalue weighted by molar-refractivity contribution is -0.137. The lowest BCUT2D eigenvalue weighted by atomic mass is 9.98. The number of rotatable bonds is 8. The molecule has 6 heteroatoms. The Morgan fingerprint density at radius 3 is 2.50 bits per heavy atom. The zero-order valence-corrected chi connectivity index (χ0v) is 13.3. The van der Waals surface area contributed by atoms with Crippen molar-refractivity contribution in [1.29, 1.82) is 0 Å². The minimum Gasteiger partial charge on any atom is -0.497 e. The van der Waals surface area contributed by atoms with Crippen LogP contribution in [0.15, 0.2) is 24.3 Å². The lowest BCUT2D eigenvalue weighted by Gasteiger charge is -2.18. The van der Waals surface area contributed by atoms with Crippen LogP contribution >= 0.6 is 0 Å². The number of urea groups is 1. The van der Waals surface area contributed by atoms with Gasteiger partial charge in [0.15, 0.2) is 0 Å². The summed E-state index contributed by atoms with van der Waals surface area (Å²) in [5.74, 6) is 0.229. The largest absolute Gasteiger partial charge is 0.497 e. The fraction of sp³-hybridized carbons (Fsp3) is 0.500. The highest BCUT2D eigenvalue weighted by Crippen LogP contribution is 2.21. The third-order valence-electron chi connectivity index (χ3n) is 3.55. The van der Waals surface area contributed by atoms with Crippen molar-refractivity contribution in [2.24, 2.45) is 0 Å². The number of nitrogens with zero attached hydrogens (tertiary/aromatic N) is 1. The first-order chi connectivity index (χ1) is 10.4. The molecule has 2 N–H and O–H groups in total. The van der Waals surface area contributed by atoms with Crippen LogP contribution in [0.4, 0.5) is 4.79 Å². The Morgan fingerprint density at radius 1 is 1.32 bits per heavy atom. The molecule has 0 aliphatic heterocycles. The van der Waals surface area contributed by atoms with Gasteiger partial charge in [-0.05, 0) is 30.0 Å². The van der Waals surface area contributed by atoms with Crippen LogP contribution in [0.1, 0.15) is 31.2 Å². The van der Waals surface area contributed by atoms with Gasteiger partial charge in [0, 0.05) is 20.1 Å². The second-order valence-corrected chi connectivity index (χ2v) is 5.26. The molecule has 0 fully saturated rings. The molecule has 1 aromatic rings. The molecule has 0 saturated heterocycles. The summed E-state index contributed by atoms with van der Waals surface area (Å²) in [6.07, 6.45) is 0.761. The molecule has 0 bridgehead atoms. The normalized spacial score (nSPS) is 11.6. The van der Waals surface area contributed by atoms with Crippen molar-refractivity contribution in [1.82, 2.24) is 10.2 Å². The molecule has 0 saturated carbocycles. The summed E-state index contributed by atoms with van der Waals surface area (Å²) < 4.78 is 5.12. The molecule has 22 heavy (non-hydrogen) atoms. The topological polar surface area (TPSA) is 78.9 Å². The Labute approximate surface area is 131 Å². The molecule has 2 amide bonds. The van der Waals surface area contributed by atoms with E-state index in [4.69, 9.17) is 9.84 Å². The number of hydrogen-bond acceptors (Lipinski definition) is 3. The first kappa shape index (κ1) is 17.8. The predicted molar refractivity (Wildman–Crippen MR) is 84.3 cm³/mol. The number of nitrogens with one attached hydrogen (secondary N) is 1. The number of carboxylic acid groups (broad SMARTS) is 1. The summed E-state index contributed by atoms with van der Waals surface area (Å²) in [6, 6.07) is 7.63. The van der Waals surface area contributed by atoms with E-state index in [1.807, 2.05) is 24.3 Å². The van der Waals surface area contributed by atoms with E-state index in [0.717, 1.165) is 12.2 Å². The van der Waals surface area contributed by atoms with Crippen LogP contribution in [0.25, 0.3) is 0 Å². The van der Waals surface area contributed by atoms with Crippen LogP contribution in [0.5, 0.6) is 5.75 Å². The van der Waals surface area contributed by atoms with Crippen molar-refractivity contribution in [2.75, 3.05) is 27.2 Å². The Balaban J connectivity index is 2.32. The van der Waals surface area contributed by atoms with Gasteiger partial charge in [0.1, 0.15) is 5.75 Å². The molecule has 0 heterocycles. The fourth-order valence-electron chi connectivity index (χ4n) is 1.99. The van der Waals surface area contributed by atoms with Gasteiger partial charge in [0.2, 0.25) is 0 Å². The quantitative estimate of drug-likeness (QED) is 0.772. The maximum Gasteiger partial charge on any atom is 0.317 e. The minimum absolute atomic E-state index is 0.0494. The highest BCUT2D eigenvalue weighted by atomic mass is 16.5. The van der Waals surface area contributed by atoms with Gasteiger partial charge in [-0.25, -0.2) is 4.79 Å². The number of carbonyl (C=O) groups is 2. The third kappa shape index (κ3) is 6.03. The number of methoxy groups -OCH3 is 1. The Hall–Kier alpha value is -2.24. The number of benzene rings is 1. The first-order valence-corrected chi connectivity index (χ1v) is 7.28. The summed E-state index contributed by atoms with van der Waals surface area (Å²) in [5.41, 5.74) is 1.19. The molecule has 0 spiro atoms. The summed E-state index contributed by atoms with van der Waals surface area (Å²) in [6.45, 7) is 2.85. The molecule has 122 valence electrons. The van der Waals surface area contributed by atoms with Crippen LogP contribution < -0.4 is 10.1 Å². The van der Waals surface area contributed by atoms with Gasteiger partial charge in [0.05, 0.1) is 13.5 Å². The number of aliphatic carboxylic acids is 1. The fourth-order valence-corrected chi connectivity index (χ4v) is 1.99. The molecule has 1 rings (SSSR count). The summed E-state index contributed by atoms with van der Waals surface area (Å²) in [7, 11) is 3.22. The molecule has 1 unspecified atom stereocenters. The van der Waals surface area contributed by atoms with Crippen molar-refractivity contribution in [2.45, 2.75) is 25.7 Å². The maximum atomic E-state index is 11.8. The van der Waals surface area contributed by atoms with Crippen molar-refractivity contribution in [3.63, 3.8) is 0 Å². The van der Waals surface area contributed by atoms with Crippen LogP contribution in [-0.2, 0) is 4.79 Å². The van der Waals surface area contributed by atoms with Crippen LogP contribution in [0, 0.1) is 0 Å². The zero-order chi connectivity index (χ0) is 16.5. The SMILES string of the molecule is COc1ccc(C(C)CCNC(=O)N(C)CCC(=O)O)cc1. The number of ether oxygens (including phenoxy) is 1. The summed E-state index contributed by atoms with van der Waals surface area (Å²) in [4.78, 5) is 23.6. The van der Waals surface area contributed by atoms with Crippen molar-refractivity contribution < 1.29 is 19.4 Å². The van der Waals surface area contributed by atoms with Crippen LogP contribution in [-0.4, -0.2) is 49.3 Å². The highest BCUT2D eigenvalue weighted by molar-refractivity contribution is 5.74. The van der Waals surface area contributed by atoms with E-state index in [1.54, 1.807) is 14.2 Å². The molecule has 0 radical (unpaired) electrons. The second kappa shape index (κ2) is 8.92. The smallest absolute Gasteiger partial charge is 0.317 e. The molecular weight excluding hydrogens is 284 g/mol. The highest BCUT2D eigenvalue weighted by Gasteiger charge is 2.11. The van der Waals surface area contributed by atoms with Crippen molar-refractivity contribution in [3.8, 4) is 5.75 Å². The minimum atomic E-state index is -0.909. The van der Waals surface area contributed by atoms with Gasteiger partial charge in [0.25, 0.3) is 0 Å². The second-order valence-electron chi connectivity index (χ2n) is 5.26. The number of hydrogen-bond donors (Lipinski definition) is 2. The molecule has 6 nitrogen and oxygen atoms in total. The number of carbonyl (C=O) groups excluding carboxylic acids is 1. The van der Waals surface area contributed by atoms with Crippen LogP contribution in [0.2, 0.25) is 0 Å². The molecule has 0 aliphatic carbocycles. The van der Waals surface area contributed by atoms with E-state index in [-0.39, 0.29) is 19.0 Å². The first-order valence-electron chi connectivity index (χ1n) is 7.28. The van der Waals surface area contributed by atoms with E-state index in [1.165, 1.54) is 10.5 Å². The van der Waals surface area contributed by atoms with E-state index < -0.39 is 5.97 Å². The number of amides is 2. The monoisotopic (exact) mass is 308 g/mol. The molecule has 0 aliphatic rings. The average Bonchev–Trinajstić information content (AvgIpc) is 2.52. The third-order valence-corrected chi connectivity index (χ3v) is 3.55. The van der Waals surface area contributed by atoms with E-state index in [9.17, 15) is 9.59 Å². The zero-order valence-electron chi connectivity index (χ0n) is 13.3. The maximum absolute atomic E-state index is 11.8. The molecular formula is C16H24N2O4. The van der Waals surface area contributed by atoms with E-state index in [2.05, 4.69) is 12.2 Å². The van der Waals surface area contributed by atoms with Gasteiger partial charge in [-0.2, -0.15) is 0 Å². The Kier molecular flexibility index (Phi) is 7.22. The van der Waals surface area contributed by atoms with Gasteiger partial charge < -0.3 is 20.1 Å². The van der Waals surface area contributed by atoms with E-state index in [0.29, 0.717) is 12.5 Å². The van der Waals surface area contributed by atoms with Crippen molar-refractivity contribution in [3.05, 3.63) is 29.8 Å². The lowest BCUT2D eigenvalue weighted by Crippen LogP contribution is -2.39. The van der Waals surface area contributed by atoms with Crippen LogP contribution in [0.3, 0.4) is 0 Å². The van der Waals surface area contributed by atoms with Crippen molar-refractivity contribution >= 4 is 12.0 Å². The van der Waals surface area contributed by atoms with Gasteiger partial charge in [-0.1, -0.05) is 19.1 Å². The number of carboxylic acids is 1. The summed E-state index contributed by atoms with van der Waals surface area (Å²) in [5, 5.41) is 11.4. The average molecular weight is 308 g/mol. The Morgan fingerprint density at radius 2 is 1.95 bits per heavy atom. The van der Waals surface area contributed by atoms with Gasteiger partial charge in [-0.15, -0.1) is 0 Å². The standard InChI is InChI=1S/C16H24N2O4/c1-12(13-4-6-14(22-3)7-5-13)8-10-17-16(21)18(2)11-9-15(19)20/h4-7,12H,8-11H2,1-3H3,(H,17,21)(H,19,20). The predicted octanol–water partition coefficient (Wildman–Crippen LogP) is 2.30. The molecule has 1 aromatic carbocycles. The molecule has 1 atom stereocenters. The summed E-state index contributed by atoms with van der Waals surface area (Å²) >= 11 is 0. The van der Waals surface area contributed by atoms with Gasteiger partial charge >= 0.3 is 12.0 Å². The Bertz CT molecular complexity index is 487. The van der Waals surface area contributed by atoms with Gasteiger partial charge in [-0.3, -0.25) is 4.79 Å². The molecule has 0 aromatic heterocycles. The van der Waals surface area contributed by atoms with E-state index >= 15 is 0 Å².